The van der Waals surface area contributed by atoms with Gasteiger partial charge in [-0.2, -0.15) is 13.5 Å². The van der Waals surface area contributed by atoms with Crippen molar-refractivity contribution >= 4 is 33.9 Å². The lowest BCUT2D eigenvalue weighted by Crippen LogP contribution is -2.42. The van der Waals surface area contributed by atoms with E-state index in [-0.39, 0.29) is 23.5 Å². The number of benzene rings is 3. The molecule has 1 unspecified atom stereocenters. The largest absolute Gasteiger partial charge is 0.350 e. The molecular weight excluding hydrogens is 570 g/mol. The van der Waals surface area contributed by atoms with Crippen LogP contribution in [0.1, 0.15) is 22.3 Å². The molecule has 210 valence electrons. The molecule has 2 heterocycles. The molecule has 41 heavy (non-hydrogen) atoms. The second-order valence-electron chi connectivity index (χ2n) is 9.56. The average molecular weight is 595 g/mol. The molecule has 0 aliphatic heterocycles. The summed E-state index contributed by atoms with van der Waals surface area (Å²) in [5, 5.41) is 4.74. The van der Waals surface area contributed by atoms with E-state index >= 15 is 4.39 Å². The van der Waals surface area contributed by atoms with Gasteiger partial charge in [-0.05, 0) is 54.4 Å². The predicted octanol–water partition coefficient (Wildman–Crippen LogP) is 6.49. The van der Waals surface area contributed by atoms with Crippen LogP contribution in [-0.2, 0) is 33.0 Å². The number of hydrogen-bond acceptors (Lipinski definition) is 5. The van der Waals surface area contributed by atoms with Crippen LogP contribution in [0.15, 0.2) is 103 Å². The van der Waals surface area contributed by atoms with Crippen LogP contribution in [0.5, 0.6) is 0 Å². The first-order valence-corrected chi connectivity index (χ1v) is 14.3. The Hall–Kier alpha value is -4.12. The van der Waals surface area contributed by atoms with Gasteiger partial charge in [0, 0.05) is 29.0 Å². The smallest absolute Gasteiger partial charge is 0.297 e. The van der Waals surface area contributed by atoms with Crippen molar-refractivity contribution in [2.45, 2.75) is 30.5 Å². The summed E-state index contributed by atoms with van der Waals surface area (Å²) in [7, 11) is -4.44. The molecule has 11 heteroatoms. The Morgan fingerprint density at radius 2 is 1.68 bits per heavy atom. The molecule has 2 aromatic heterocycles. The number of halogens is 3. The van der Waals surface area contributed by atoms with Crippen LogP contribution in [-0.4, -0.2) is 27.7 Å². The summed E-state index contributed by atoms with van der Waals surface area (Å²) >= 11 is 5.97. The van der Waals surface area contributed by atoms with Crippen LogP contribution in [0.3, 0.4) is 0 Å². The first kappa shape index (κ1) is 28.4. The Balaban J connectivity index is 1.58. The lowest BCUT2D eigenvalue weighted by Gasteiger charge is -2.34. The van der Waals surface area contributed by atoms with Crippen LogP contribution < -0.4 is 0 Å². The highest BCUT2D eigenvalue weighted by Crippen LogP contribution is 2.36. The topological polar surface area (TPSA) is 79.0 Å². The van der Waals surface area contributed by atoms with Crippen LogP contribution >= 0.6 is 11.6 Å². The van der Waals surface area contributed by atoms with Crippen molar-refractivity contribution < 1.29 is 21.4 Å². The molecule has 0 spiro atoms. The van der Waals surface area contributed by atoms with E-state index in [0.717, 1.165) is 22.8 Å². The van der Waals surface area contributed by atoms with E-state index in [2.05, 4.69) is 10.1 Å². The molecule has 5 aromatic rings. The monoisotopic (exact) mass is 594 g/mol. The van der Waals surface area contributed by atoms with Gasteiger partial charge in [0.25, 0.3) is 10.1 Å². The third kappa shape index (κ3) is 6.79. The minimum absolute atomic E-state index is 0.104. The maximum atomic E-state index is 15.5. The highest BCUT2D eigenvalue weighted by molar-refractivity contribution is 7.86. The van der Waals surface area contributed by atoms with Gasteiger partial charge in [-0.3, -0.25) is 4.18 Å². The number of aryl methyl sites for hydroxylation is 1. The molecule has 0 N–H and O–H groups in total. The highest BCUT2D eigenvalue weighted by atomic mass is 35.5. The fourth-order valence-corrected chi connectivity index (χ4v) is 5.74. The summed E-state index contributed by atoms with van der Waals surface area (Å²) in [6.45, 7) is 1.43. The molecular formula is C30H25ClF2N4O3S. The Morgan fingerprint density at radius 1 is 0.951 bits per heavy atom. The minimum Gasteiger partial charge on any atom is -0.350 e. The van der Waals surface area contributed by atoms with Crippen LogP contribution in [0.2, 0.25) is 5.02 Å². The van der Waals surface area contributed by atoms with E-state index in [1.807, 2.05) is 37.3 Å². The highest BCUT2D eigenvalue weighted by Gasteiger charge is 2.42. The van der Waals surface area contributed by atoms with Crippen molar-refractivity contribution in [3.8, 4) is 0 Å². The van der Waals surface area contributed by atoms with E-state index in [4.69, 9.17) is 15.8 Å². The molecule has 0 saturated carbocycles. The molecule has 0 aliphatic rings. The Labute approximate surface area is 241 Å². The van der Waals surface area contributed by atoms with Gasteiger partial charge in [-0.25, -0.2) is 18.4 Å². The molecule has 0 saturated heterocycles. The number of aromatic nitrogens is 4. The van der Waals surface area contributed by atoms with Crippen LogP contribution in [0.4, 0.5) is 8.78 Å². The van der Waals surface area contributed by atoms with Crippen molar-refractivity contribution in [1.29, 1.82) is 0 Å². The van der Waals surface area contributed by atoms with Gasteiger partial charge in [-0.15, -0.1) is 0 Å². The summed E-state index contributed by atoms with van der Waals surface area (Å²) in [6, 6.07) is 18.2. The zero-order valence-corrected chi connectivity index (χ0v) is 23.4. The lowest BCUT2D eigenvalue weighted by atomic mass is 9.92. The normalized spacial score (nSPS) is 13.5. The van der Waals surface area contributed by atoms with E-state index < -0.39 is 27.4 Å². The van der Waals surface area contributed by atoms with Gasteiger partial charge in [-0.1, -0.05) is 59.6 Å². The van der Waals surface area contributed by atoms with E-state index in [1.54, 1.807) is 41.2 Å². The second-order valence-corrected chi connectivity index (χ2v) is 11.5. The number of hydrogen-bond donors (Lipinski definition) is 0. The van der Waals surface area contributed by atoms with Crippen molar-refractivity contribution in [3.63, 3.8) is 0 Å². The maximum Gasteiger partial charge on any atom is 0.297 e. The SMILES string of the molecule is Cc1ccc(S(=O)(=O)OC(Cn2ccc(/C=C/c3ccc(Cl)cc3)c2)(Cn2cncn2)c2ccc(F)cc2F)cc1. The zero-order valence-electron chi connectivity index (χ0n) is 21.9. The van der Waals surface area contributed by atoms with Gasteiger partial charge in [0.1, 0.15) is 24.3 Å². The average Bonchev–Trinajstić information content (AvgIpc) is 3.60. The fraction of sp³-hybridized carbons (Fsp3) is 0.133. The number of nitrogens with zero attached hydrogens (tertiary/aromatic N) is 4. The quantitative estimate of drug-likeness (QED) is 0.173. The van der Waals surface area contributed by atoms with Crippen molar-refractivity contribution in [2.75, 3.05) is 0 Å². The van der Waals surface area contributed by atoms with E-state index in [9.17, 15) is 12.8 Å². The third-order valence-corrected chi connectivity index (χ3v) is 8.07. The van der Waals surface area contributed by atoms with Gasteiger partial charge in [0.2, 0.25) is 0 Å². The molecule has 0 radical (unpaired) electrons. The first-order valence-electron chi connectivity index (χ1n) is 12.5. The Bertz CT molecular complexity index is 1770. The summed E-state index contributed by atoms with van der Waals surface area (Å²) in [4.78, 5) is 3.84. The van der Waals surface area contributed by atoms with Crippen molar-refractivity contribution in [3.05, 3.63) is 137 Å². The molecule has 7 nitrogen and oxygen atoms in total. The predicted molar refractivity (Wildman–Crippen MR) is 152 cm³/mol. The summed E-state index contributed by atoms with van der Waals surface area (Å²) in [6.07, 6.45) is 9.91. The van der Waals surface area contributed by atoms with Crippen molar-refractivity contribution in [1.82, 2.24) is 19.3 Å². The molecule has 0 fully saturated rings. The molecule has 5 rings (SSSR count). The molecule has 0 bridgehead atoms. The standard InChI is InChI=1S/C30H25ClF2N4O3S/c1-22-2-11-27(12-3-22)41(38,39)40-30(19-37-21-34-20-35-37,28-13-10-26(32)16-29(28)33)18-36-15-14-24(17-36)5-4-23-6-8-25(31)9-7-23/h2-17,20-21H,18-19H2,1H3/b5-4+. The molecule has 0 aliphatic carbocycles. The maximum absolute atomic E-state index is 15.5. The van der Waals surface area contributed by atoms with Gasteiger partial charge < -0.3 is 4.57 Å². The second kappa shape index (κ2) is 11.8. The minimum atomic E-state index is -4.44. The molecule has 3 aromatic carbocycles. The van der Waals surface area contributed by atoms with Crippen LogP contribution in [0, 0.1) is 18.6 Å². The fourth-order valence-electron chi connectivity index (χ4n) is 4.43. The molecule has 1 atom stereocenters. The lowest BCUT2D eigenvalue weighted by molar-refractivity contribution is 0.0286. The Morgan fingerprint density at radius 3 is 2.37 bits per heavy atom. The van der Waals surface area contributed by atoms with Crippen LogP contribution in [0.25, 0.3) is 12.2 Å². The van der Waals surface area contributed by atoms with Gasteiger partial charge >= 0.3 is 0 Å². The first-order chi connectivity index (χ1) is 19.6. The summed E-state index contributed by atoms with van der Waals surface area (Å²) < 4.78 is 65.7. The summed E-state index contributed by atoms with van der Waals surface area (Å²) in [5.41, 5.74) is 0.552. The van der Waals surface area contributed by atoms with Gasteiger partial charge in [0.15, 0.2) is 5.60 Å². The Kier molecular flexibility index (Phi) is 8.16. The van der Waals surface area contributed by atoms with Gasteiger partial charge in [0.05, 0.1) is 18.0 Å². The third-order valence-electron chi connectivity index (χ3n) is 6.43. The summed E-state index contributed by atoms with van der Waals surface area (Å²) in [5.74, 6) is -1.77. The molecule has 0 amide bonds. The van der Waals surface area contributed by atoms with E-state index in [0.29, 0.717) is 11.1 Å². The number of rotatable bonds is 10. The van der Waals surface area contributed by atoms with Crippen molar-refractivity contribution in [2.24, 2.45) is 0 Å². The zero-order chi connectivity index (χ0) is 29.0. The van der Waals surface area contributed by atoms with E-state index in [1.165, 1.54) is 35.5 Å².